The Balaban J connectivity index is 1.50. The number of rotatable bonds is 4. The van der Waals surface area contributed by atoms with Gasteiger partial charge in [-0.3, -0.25) is 4.79 Å². The van der Waals surface area contributed by atoms with E-state index in [2.05, 4.69) is 10.3 Å². The first kappa shape index (κ1) is 19.6. The Bertz CT molecular complexity index is 1010. The van der Waals surface area contributed by atoms with Crippen molar-refractivity contribution in [1.29, 1.82) is 0 Å². The van der Waals surface area contributed by atoms with E-state index in [1.807, 2.05) is 25.7 Å². The number of carbonyl (C=O) groups excluding carboxylic acids is 1. The number of ether oxygens (including phenoxy) is 1. The number of benzene rings is 1. The van der Waals surface area contributed by atoms with Crippen LogP contribution in [0.2, 0.25) is 0 Å². The first-order valence-corrected chi connectivity index (χ1v) is 10.2. The molecule has 2 atom stereocenters. The zero-order valence-corrected chi connectivity index (χ0v) is 17.3. The maximum atomic E-state index is 14.8. The fourth-order valence-electron chi connectivity index (χ4n) is 3.52. The van der Waals surface area contributed by atoms with E-state index in [0.717, 1.165) is 4.88 Å². The number of hydrogen-bond donors (Lipinski definition) is 1. The maximum Gasteiger partial charge on any atom is 0.275 e. The van der Waals surface area contributed by atoms with Crippen LogP contribution in [-0.4, -0.2) is 36.2 Å². The van der Waals surface area contributed by atoms with Crippen LogP contribution < -0.4 is 10.2 Å². The molecule has 0 saturated carbocycles. The molecular weight excluding hydrogens is 393 g/mol. The van der Waals surface area contributed by atoms with Crippen molar-refractivity contribution in [3.05, 3.63) is 53.0 Å². The van der Waals surface area contributed by atoms with Gasteiger partial charge in [0.15, 0.2) is 10.8 Å². The van der Waals surface area contributed by atoms with Gasteiger partial charge in [-0.15, -0.1) is 11.3 Å². The van der Waals surface area contributed by atoms with E-state index < -0.39 is 0 Å². The molecule has 8 heteroatoms. The SMILES string of the molecule is Cc1sc(-c2ccco2)nc1C(=O)Nc1ccc(N2CC(C)OC(C)C2)c(F)c1. The summed E-state index contributed by atoms with van der Waals surface area (Å²) >= 11 is 1.38. The van der Waals surface area contributed by atoms with E-state index in [1.165, 1.54) is 17.4 Å². The number of thiazole rings is 1. The molecule has 1 aliphatic rings. The van der Waals surface area contributed by atoms with Gasteiger partial charge in [0.05, 0.1) is 24.2 Å². The van der Waals surface area contributed by atoms with Crippen LogP contribution in [0.15, 0.2) is 41.0 Å². The van der Waals surface area contributed by atoms with E-state index in [-0.39, 0.29) is 23.9 Å². The zero-order chi connectivity index (χ0) is 20.5. The second-order valence-electron chi connectivity index (χ2n) is 7.18. The third-order valence-electron chi connectivity index (χ3n) is 4.71. The van der Waals surface area contributed by atoms with Gasteiger partial charge < -0.3 is 19.4 Å². The third kappa shape index (κ3) is 4.18. The van der Waals surface area contributed by atoms with Crippen LogP contribution in [0.3, 0.4) is 0 Å². The normalized spacial score (nSPS) is 19.4. The standard InChI is InChI=1S/C21H22FN3O3S/c1-12-10-25(11-13(2)28-12)17-7-6-15(9-16(17)22)23-20(26)19-14(3)29-21(24-19)18-5-4-8-27-18/h4-9,12-13H,10-11H2,1-3H3,(H,23,26). The Kier molecular flexibility index (Phi) is 5.38. The van der Waals surface area contributed by atoms with Crippen LogP contribution in [0.25, 0.3) is 10.8 Å². The van der Waals surface area contributed by atoms with E-state index >= 15 is 0 Å². The van der Waals surface area contributed by atoms with Gasteiger partial charge in [0.1, 0.15) is 11.5 Å². The Labute approximate surface area is 172 Å². The largest absolute Gasteiger partial charge is 0.462 e. The van der Waals surface area contributed by atoms with E-state index in [0.29, 0.717) is 40.9 Å². The molecule has 2 aromatic heterocycles. The minimum atomic E-state index is -0.379. The Hall–Kier alpha value is -2.71. The second-order valence-corrected chi connectivity index (χ2v) is 8.39. The van der Waals surface area contributed by atoms with Gasteiger partial charge in [-0.1, -0.05) is 0 Å². The van der Waals surface area contributed by atoms with Crippen LogP contribution in [0.5, 0.6) is 0 Å². The molecule has 3 aromatic rings. The van der Waals surface area contributed by atoms with Crippen molar-refractivity contribution in [2.45, 2.75) is 33.0 Å². The van der Waals surface area contributed by atoms with Gasteiger partial charge in [-0.05, 0) is 51.1 Å². The first-order chi connectivity index (χ1) is 13.9. The van der Waals surface area contributed by atoms with Crippen molar-refractivity contribution >= 4 is 28.6 Å². The number of carbonyl (C=O) groups is 1. The molecule has 0 bridgehead atoms. The lowest BCUT2D eigenvalue weighted by Crippen LogP contribution is -2.45. The summed E-state index contributed by atoms with van der Waals surface area (Å²) in [4.78, 5) is 19.8. The number of halogens is 1. The lowest BCUT2D eigenvalue weighted by Gasteiger charge is -2.37. The van der Waals surface area contributed by atoms with Gasteiger partial charge in [0, 0.05) is 23.7 Å². The molecule has 1 N–H and O–H groups in total. The zero-order valence-electron chi connectivity index (χ0n) is 16.4. The van der Waals surface area contributed by atoms with Crippen molar-refractivity contribution in [2.75, 3.05) is 23.3 Å². The number of nitrogens with zero attached hydrogens (tertiary/aromatic N) is 2. The lowest BCUT2D eigenvalue weighted by atomic mass is 10.2. The summed E-state index contributed by atoms with van der Waals surface area (Å²) in [6, 6.07) is 8.30. The maximum absolute atomic E-state index is 14.8. The average Bonchev–Trinajstić information content (AvgIpc) is 3.30. The van der Waals surface area contributed by atoms with Gasteiger partial charge in [0.25, 0.3) is 5.91 Å². The summed E-state index contributed by atoms with van der Waals surface area (Å²) in [5, 5.41) is 3.37. The molecule has 0 radical (unpaired) electrons. The number of aryl methyl sites for hydroxylation is 1. The molecule has 2 unspecified atom stereocenters. The van der Waals surface area contributed by atoms with Crippen molar-refractivity contribution in [3.63, 3.8) is 0 Å². The smallest absolute Gasteiger partial charge is 0.275 e. The number of anilines is 2. The predicted molar refractivity (Wildman–Crippen MR) is 111 cm³/mol. The van der Waals surface area contributed by atoms with Gasteiger partial charge in [-0.2, -0.15) is 0 Å². The van der Waals surface area contributed by atoms with Crippen LogP contribution in [-0.2, 0) is 4.74 Å². The quantitative estimate of drug-likeness (QED) is 0.668. The highest BCUT2D eigenvalue weighted by Gasteiger charge is 2.24. The lowest BCUT2D eigenvalue weighted by molar-refractivity contribution is -0.00539. The summed E-state index contributed by atoms with van der Waals surface area (Å²) in [5.74, 6) is -0.144. The van der Waals surface area contributed by atoms with Crippen LogP contribution in [0.4, 0.5) is 15.8 Å². The highest BCUT2D eigenvalue weighted by molar-refractivity contribution is 7.15. The van der Waals surface area contributed by atoms with Crippen molar-refractivity contribution in [1.82, 2.24) is 4.98 Å². The van der Waals surface area contributed by atoms with E-state index in [9.17, 15) is 9.18 Å². The summed E-state index contributed by atoms with van der Waals surface area (Å²) in [5.41, 5.74) is 1.20. The molecule has 4 rings (SSSR count). The highest BCUT2D eigenvalue weighted by Crippen LogP contribution is 2.29. The monoisotopic (exact) mass is 415 g/mol. The van der Waals surface area contributed by atoms with Gasteiger partial charge in [-0.25, -0.2) is 9.37 Å². The molecule has 3 heterocycles. The van der Waals surface area contributed by atoms with E-state index in [1.54, 1.807) is 30.5 Å². The topological polar surface area (TPSA) is 67.6 Å². The number of aromatic nitrogens is 1. The molecule has 1 saturated heterocycles. The molecule has 1 aliphatic heterocycles. The minimum absolute atomic E-state index is 0.0357. The van der Waals surface area contributed by atoms with Crippen molar-refractivity contribution < 1.29 is 18.3 Å². The first-order valence-electron chi connectivity index (χ1n) is 9.43. The molecule has 1 fully saturated rings. The van der Waals surface area contributed by atoms with Crippen LogP contribution >= 0.6 is 11.3 Å². The third-order valence-corrected chi connectivity index (χ3v) is 5.69. The summed E-state index contributed by atoms with van der Waals surface area (Å²) in [6.45, 7) is 7.02. The molecule has 1 amide bonds. The van der Waals surface area contributed by atoms with Crippen LogP contribution in [0, 0.1) is 12.7 Å². The highest BCUT2D eigenvalue weighted by atomic mass is 32.1. The summed E-state index contributed by atoms with van der Waals surface area (Å²) in [7, 11) is 0. The second kappa shape index (κ2) is 7.96. The Morgan fingerprint density at radius 1 is 1.28 bits per heavy atom. The molecule has 29 heavy (non-hydrogen) atoms. The molecule has 152 valence electrons. The molecular formula is C21H22FN3O3S. The molecule has 1 aromatic carbocycles. The van der Waals surface area contributed by atoms with Crippen molar-refractivity contribution in [2.24, 2.45) is 0 Å². The van der Waals surface area contributed by atoms with E-state index in [4.69, 9.17) is 9.15 Å². The minimum Gasteiger partial charge on any atom is -0.462 e. The fraction of sp³-hybridized carbons (Fsp3) is 0.333. The van der Waals surface area contributed by atoms with Gasteiger partial charge in [0.2, 0.25) is 0 Å². The number of hydrogen-bond acceptors (Lipinski definition) is 6. The predicted octanol–water partition coefficient (Wildman–Crippen LogP) is 4.72. The summed E-state index contributed by atoms with van der Waals surface area (Å²) in [6.07, 6.45) is 1.63. The number of morpholine rings is 1. The number of nitrogens with one attached hydrogen (secondary N) is 1. The average molecular weight is 415 g/mol. The van der Waals surface area contributed by atoms with Gasteiger partial charge >= 0.3 is 0 Å². The van der Waals surface area contributed by atoms with Crippen molar-refractivity contribution in [3.8, 4) is 10.8 Å². The Morgan fingerprint density at radius 2 is 2.03 bits per heavy atom. The number of amides is 1. The molecule has 0 spiro atoms. The molecule has 0 aliphatic carbocycles. The van der Waals surface area contributed by atoms with Crippen LogP contribution in [0.1, 0.15) is 29.2 Å². The summed E-state index contributed by atoms with van der Waals surface area (Å²) < 4.78 is 25.8. The fourth-order valence-corrected chi connectivity index (χ4v) is 4.40. The number of furan rings is 1. The Morgan fingerprint density at radius 3 is 2.69 bits per heavy atom. The molecule has 6 nitrogen and oxygen atoms in total.